The first kappa shape index (κ1) is 23.0. The highest BCUT2D eigenvalue weighted by atomic mass is 35.5. The number of carbonyl (C=O) groups is 1. The summed E-state index contributed by atoms with van der Waals surface area (Å²) in [6.07, 6.45) is 0. The van der Waals surface area contributed by atoms with E-state index >= 15 is 0 Å². The van der Waals surface area contributed by atoms with Crippen LogP contribution in [0.15, 0.2) is 9.59 Å². The van der Waals surface area contributed by atoms with Crippen LogP contribution in [0.4, 0.5) is 0 Å². The van der Waals surface area contributed by atoms with Gasteiger partial charge in [0.25, 0.3) is 11.5 Å². The highest BCUT2D eigenvalue weighted by molar-refractivity contribution is 7.19. The SMILES string of the molecule is CCn1c(=O)n(C)c(=O)c2c(C(=O)N3CC(C)(O)CO3)c(Cn3c(C)nc(Cl)c3Cl)sc21. The number of fused-ring (bicyclic) bond motifs is 1. The molecule has 1 unspecified atom stereocenters. The Balaban J connectivity index is 1.99. The van der Waals surface area contributed by atoms with Crippen LogP contribution in [-0.4, -0.2) is 53.5 Å². The maximum atomic E-state index is 13.5. The largest absolute Gasteiger partial charge is 0.386 e. The van der Waals surface area contributed by atoms with Crippen molar-refractivity contribution < 1.29 is 14.7 Å². The Kier molecular flexibility index (Phi) is 5.74. The number of amides is 1. The van der Waals surface area contributed by atoms with Crippen molar-refractivity contribution in [1.82, 2.24) is 23.7 Å². The summed E-state index contributed by atoms with van der Waals surface area (Å²) in [6.45, 7) is 5.34. The number of imidazole rings is 1. The summed E-state index contributed by atoms with van der Waals surface area (Å²) in [5.74, 6) is -0.0561. The fraction of sp³-hybridized carbons (Fsp3) is 0.474. The van der Waals surface area contributed by atoms with Gasteiger partial charge in [0.1, 0.15) is 28.0 Å². The van der Waals surface area contributed by atoms with Crippen molar-refractivity contribution in [3.05, 3.63) is 47.4 Å². The average molecular weight is 502 g/mol. The lowest BCUT2D eigenvalue weighted by Gasteiger charge is -2.17. The van der Waals surface area contributed by atoms with Gasteiger partial charge in [0.2, 0.25) is 0 Å². The molecule has 0 aliphatic carbocycles. The van der Waals surface area contributed by atoms with Crippen LogP contribution in [0.3, 0.4) is 0 Å². The molecule has 13 heteroatoms. The standard InChI is InChI=1S/C19H21Cl2N5O5S/c1-5-24-17-12(15(27)23(4)18(24)29)11(16(28)26-7-19(3,30)8-31-26)10(32-17)6-25-9(2)22-13(20)14(25)21/h30H,5-8H2,1-4H3. The third kappa shape index (κ3) is 3.57. The van der Waals surface area contributed by atoms with Gasteiger partial charge in [-0.2, -0.15) is 0 Å². The zero-order valence-corrected chi connectivity index (χ0v) is 20.1. The van der Waals surface area contributed by atoms with Crippen molar-refractivity contribution in [2.75, 3.05) is 13.2 Å². The van der Waals surface area contributed by atoms with Crippen LogP contribution >= 0.6 is 34.5 Å². The van der Waals surface area contributed by atoms with Crippen LogP contribution in [0, 0.1) is 6.92 Å². The lowest BCUT2D eigenvalue weighted by Crippen LogP contribution is -2.39. The van der Waals surface area contributed by atoms with Crippen molar-refractivity contribution in [3.8, 4) is 0 Å². The van der Waals surface area contributed by atoms with Crippen molar-refractivity contribution in [2.45, 2.75) is 39.5 Å². The molecule has 1 aliphatic heterocycles. The number of aryl methyl sites for hydroxylation is 2. The molecule has 1 atom stereocenters. The molecule has 1 amide bonds. The number of carbonyl (C=O) groups excluding carboxylic acids is 1. The fourth-order valence-corrected chi connectivity index (χ4v) is 5.47. The number of thiophene rings is 1. The molecule has 10 nitrogen and oxygen atoms in total. The van der Waals surface area contributed by atoms with E-state index in [0.29, 0.717) is 22.1 Å². The van der Waals surface area contributed by atoms with Gasteiger partial charge < -0.3 is 9.67 Å². The van der Waals surface area contributed by atoms with E-state index in [-0.39, 0.29) is 41.0 Å². The maximum Gasteiger partial charge on any atom is 0.331 e. The number of aromatic nitrogens is 4. The zero-order chi connectivity index (χ0) is 23.5. The van der Waals surface area contributed by atoms with E-state index in [2.05, 4.69) is 4.98 Å². The molecular formula is C19H21Cl2N5O5S. The highest BCUT2D eigenvalue weighted by Gasteiger charge is 2.38. The molecule has 3 aromatic rings. The van der Waals surface area contributed by atoms with Crippen LogP contribution < -0.4 is 11.2 Å². The first-order valence-corrected chi connectivity index (χ1v) is 11.3. The number of rotatable bonds is 4. The van der Waals surface area contributed by atoms with Crippen LogP contribution in [0.25, 0.3) is 10.2 Å². The Labute approximate surface area is 196 Å². The van der Waals surface area contributed by atoms with Crippen molar-refractivity contribution in [1.29, 1.82) is 0 Å². The number of nitrogens with zero attached hydrogens (tertiary/aromatic N) is 5. The predicted octanol–water partition coefficient (Wildman–Crippen LogP) is 1.78. The minimum atomic E-state index is -1.21. The number of aliphatic hydroxyl groups is 1. The summed E-state index contributed by atoms with van der Waals surface area (Å²) in [7, 11) is 1.37. The third-order valence-electron chi connectivity index (χ3n) is 5.38. The normalized spacial score (nSPS) is 18.8. The van der Waals surface area contributed by atoms with Crippen LogP contribution in [0.1, 0.15) is 34.9 Å². The van der Waals surface area contributed by atoms with E-state index in [1.165, 1.54) is 11.6 Å². The molecule has 1 saturated heterocycles. The summed E-state index contributed by atoms with van der Waals surface area (Å²) in [5, 5.41) is 11.7. The van der Waals surface area contributed by atoms with Gasteiger partial charge in [0.05, 0.1) is 24.0 Å². The van der Waals surface area contributed by atoms with E-state index < -0.39 is 22.8 Å². The molecular weight excluding hydrogens is 481 g/mol. The quantitative estimate of drug-likeness (QED) is 0.583. The van der Waals surface area contributed by atoms with Gasteiger partial charge in [0, 0.05) is 18.5 Å². The Morgan fingerprint density at radius 2 is 2.00 bits per heavy atom. The van der Waals surface area contributed by atoms with Crippen LogP contribution in [0.5, 0.6) is 0 Å². The Bertz CT molecular complexity index is 1370. The average Bonchev–Trinajstić information content (AvgIpc) is 3.36. The molecule has 0 spiro atoms. The minimum absolute atomic E-state index is 0.0596. The molecule has 0 radical (unpaired) electrons. The van der Waals surface area contributed by atoms with Gasteiger partial charge in [-0.1, -0.05) is 23.2 Å². The first-order valence-electron chi connectivity index (χ1n) is 9.77. The van der Waals surface area contributed by atoms with Gasteiger partial charge in [-0.3, -0.25) is 23.6 Å². The molecule has 172 valence electrons. The van der Waals surface area contributed by atoms with E-state index in [1.54, 1.807) is 25.3 Å². The lowest BCUT2D eigenvalue weighted by molar-refractivity contribution is -0.0796. The smallest absolute Gasteiger partial charge is 0.331 e. The topological polar surface area (TPSA) is 112 Å². The van der Waals surface area contributed by atoms with Crippen molar-refractivity contribution >= 4 is 50.7 Å². The molecule has 1 fully saturated rings. The third-order valence-corrected chi connectivity index (χ3v) is 7.32. The molecule has 0 saturated carbocycles. The second kappa shape index (κ2) is 7.99. The second-order valence-electron chi connectivity index (χ2n) is 7.91. The van der Waals surface area contributed by atoms with Gasteiger partial charge in [0.15, 0.2) is 5.15 Å². The van der Waals surface area contributed by atoms with E-state index in [0.717, 1.165) is 21.0 Å². The lowest BCUT2D eigenvalue weighted by atomic mass is 10.1. The van der Waals surface area contributed by atoms with Crippen molar-refractivity contribution in [3.63, 3.8) is 0 Å². The maximum absolute atomic E-state index is 13.5. The van der Waals surface area contributed by atoms with Gasteiger partial charge in [-0.05, 0) is 20.8 Å². The monoisotopic (exact) mass is 501 g/mol. The summed E-state index contributed by atoms with van der Waals surface area (Å²) in [6, 6.07) is 0. The molecule has 0 aromatic carbocycles. The number of halogens is 2. The summed E-state index contributed by atoms with van der Waals surface area (Å²) < 4.78 is 4.04. The molecule has 4 heterocycles. The first-order chi connectivity index (χ1) is 15.0. The minimum Gasteiger partial charge on any atom is -0.386 e. The molecule has 1 aliphatic rings. The van der Waals surface area contributed by atoms with E-state index in [9.17, 15) is 19.5 Å². The van der Waals surface area contributed by atoms with E-state index in [4.69, 9.17) is 28.0 Å². The predicted molar refractivity (Wildman–Crippen MR) is 121 cm³/mol. The number of hydrogen-bond donors (Lipinski definition) is 1. The number of hydroxylamine groups is 2. The molecule has 1 N–H and O–H groups in total. The van der Waals surface area contributed by atoms with E-state index in [1.807, 2.05) is 0 Å². The molecule has 0 bridgehead atoms. The summed E-state index contributed by atoms with van der Waals surface area (Å²) in [5.41, 5.74) is -2.17. The summed E-state index contributed by atoms with van der Waals surface area (Å²) >= 11 is 13.5. The second-order valence-corrected chi connectivity index (χ2v) is 9.71. The molecule has 4 rings (SSSR count). The Morgan fingerprint density at radius 1 is 1.31 bits per heavy atom. The van der Waals surface area contributed by atoms with Gasteiger partial charge in [-0.25, -0.2) is 14.8 Å². The number of β-amino-alcohol motifs (C(OH)–C–C–N with tert-alkyl or cyclic N) is 1. The molecule has 3 aromatic heterocycles. The highest BCUT2D eigenvalue weighted by Crippen LogP contribution is 2.34. The Hall–Kier alpha value is -2.18. The fourth-order valence-electron chi connectivity index (χ4n) is 3.69. The summed E-state index contributed by atoms with van der Waals surface area (Å²) in [4.78, 5) is 49.7. The van der Waals surface area contributed by atoms with Gasteiger partial charge in [-0.15, -0.1) is 11.3 Å². The molecule has 32 heavy (non-hydrogen) atoms. The zero-order valence-electron chi connectivity index (χ0n) is 17.8. The van der Waals surface area contributed by atoms with Crippen LogP contribution in [0.2, 0.25) is 10.3 Å². The van der Waals surface area contributed by atoms with Crippen LogP contribution in [-0.2, 0) is 25.0 Å². The van der Waals surface area contributed by atoms with Crippen molar-refractivity contribution in [2.24, 2.45) is 7.05 Å². The van der Waals surface area contributed by atoms with Gasteiger partial charge >= 0.3 is 5.69 Å². The number of hydrogen-bond acceptors (Lipinski definition) is 7. The Morgan fingerprint density at radius 3 is 2.53 bits per heavy atom.